The number of carbonyl (C=O) groups is 2. The number of amides is 2. The molecular formula is C16H24N4O3. The number of nitrogens with zero attached hydrogens (tertiary/aromatic N) is 2. The lowest BCUT2D eigenvalue weighted by Crippen LogP contribution is -2.49. The largest absolute Gasteiger partial charge is 0.506 e. The summed E-state index contributed by atoms with van der Waals surface area (Å²) in [6.45, 7) is 4.99. The number of piperidine rings is 1. The van der Waals surface area contributed by atoms with Gasteiger partial charge >= 0.3 is 0 Å². The van der Waals surface area contributed by atoms with E-state index in [4.69, 9.17) is 5.73 Å². The van der Waals surface area contributed by atoms with Gasteiger partial charge in [0, 0.05) is 25.3 Å². The van der Waals surface area contributed by atoms with E-state index in [1.165, 1.54) is 18.5 Å². The van der Waals surface area contributed by atoms with Crippen molar-refractivity contribution in [1.29, 1.82) is 0 Å². The van der Waals surface area contributed by atoms with Gasteiger partial charge in [-0.05, 0) is 38.7 Å². The molecule has 1 fully saturated rings. The third-order valence-electron chi connectivity index (χ3n) is 4.29. The van der Waals surface area contributed by atoms with Crippen LogP contribution in [0.1, 0.15) is 37.0 Å². The SMILES string of the molecule is CC(NC(=O)c1cncc(O)c1)C1CCN(C(=O)[C@H](C)N)CC1. The standard InChI is InChI=1S/C16H24N4O3/c1-10(17)16(23)20-5-3-12(4-6-20)11(2)19-15(22)13-7-14(21)9-18-8-13/h7-12,21H,3-6,17H2,1-2H3,(H,19,22)/t10-,11?/m0/s1. The molecule has 126 valence electrons. The minimum atomic E-state index is -0.470. The lowest BCUT2D eigenvalue weighted by molar-refractivity contribution is -0.133. The Morgan fingerprint density at radius 1 is 1.35 bits per heavy atom. The molecule has 0 bridgehead atoms. The summed E-state index contributed by atoms with van der Waals surface area (Å²) < 4.78 is 0. The lowest BCUT2D eigenvalue weighted by Gasteiger charge is -2.35. The fraction of sp³-hybridized carbons (Fsp3) is 0.562. The summed E-state index contributed by atoms with van der Waals surface area (Å²) in [5.41, 5.74) is 5.96. The molecule has 1 saturated heterocycles. The first-order valence-electron chi connectivity index (χ1n) is 7.87. The molecule has 7 nitrogen and oxygen atoms in total. The highest BCUT2D eigenvalue weighted by molar-refractivity contribution is 5.94. The number of pyridine rings is 1. The number of nitrogens with one attached hydrogen (secondary N) is 1. The molecule has 1 aliphatic rings. The Balaban J connectivity index is 1.86. The minimum Gasteiger partial charge on any atom is -0.506 e. The smallest absolute Gasteiger partial charge is 0.253 e. The van der Waals surface area contributed by atoms with Crippen LogP contribution in [-0.2, 0) is 4.79 Å². The molecule has 0 aromatic carbocycles. The number of aromatic hydroxyl groups is 1. The van der Waals surface area contributed by atoms with Crippen LogP contribution in [0.2, 0.25) is 0 Å². The van der Waals surface area contributed by atoms with Crippen molar-refractivity contribution in [2.24, 2.45) is 11.7 Å². The summed E-state index contributed by atoms with van der Waals surface area (Å²) in [6.07, 6.45) is 4.37. The average Bonchev–Trinajstić information content (AvgIpc) is 2.54. The van der Waals surface area contributed by atoms with Gasteiger partial charge in [-0.3, -0.25) is 14.6 Å². The van der Waals surface area contributed by atoms with Crippen molar-refractivity contribution in [2.45, 2.75) is 38.8 Å². The molecule has 1 aromatic rings. The Labute approximate surface area is 135 Å². The molecule has 0 radical (unpaired) electrons. The van der Waals surface area contributed by atoms with Gasteiger partial charge in [-0.1, -0.05) is 0 Å². The van der Waals surface area contributed by atoms with Gasteiger partial charge in [0.2, 0.25) is 5.91 Å². The molecule has 0 aliphatic carbocycles. The van der Waals surface area contributed by atoms with Gasteiger partial charge in [-0.25, -0.2) is 0 Å². The fourth-order valence-corrected chi connectivity index (χ4v) is 2.87. The summed E-state index contributed by atoms with van der Waals surface area (Å²) in [7, 11) is 0. The zero-order valence-electron chi connectivity index (χ0n) is 13.5. The fourth-order valence-electron chi connectivity index (χ4n) is 2.87. The van der Waals surface area contributed by atoms with Gasteiger partial charge in [0.1, 0.15) is 5.75 Å². The van der Waals surface area contributed by atoms with Crippen LogP contribution in [0.4, 0.5) is 0 Å². The third-order valence-corrected chi connectivity index (χ3v) is 4.29. The third kappa shape index (κ3) is 4.41. The number of aromatic nitrogens is 1. The van der Waals surface area contributed by atoms with E-state index in [-0.39, 0.29) is 23.6 Å². The maximum atomic E-state index is 12.2. The molecule has 2 amide bonds. The van der Waals surface area contributed by atoms with Crippen LogP contribution >= 0.6 is 0 Å². The summed E-state index contributed by atoms with van der Waals surface area (Å²) in [6, 6.07) is 0.901. The molecule has 0 spiro atoms. The zero-order valence-corrected chi connectivity index (χ0v) is 13.5. The lowest BCUT2D eigenvalue weighted by atomic mass is 9.90. The minimum absolute atomic E-state index is 0.0163. The second kappa shape index (κ2) is 7.41. The summed E-state index contributed by atoms with van der Waals surface area (Å²) in [5, 5.41) is 12.3. The van der Waals surface area contributed by atoms with E-state index in [2.05, 4.69) is 10.3 Å². The van der Waals surface area contributed by atoms with Crippen molar-refractivity contribution >= 4 is 11.8 Å². The van der Waals surface area contributed by atoms with Gasteiger partial charge in [-0.15, -0.1) is 0 Å². The molecule has 2 rings (SSSR count). The van der Waals surface area contributed by atoms with Gasteiger partial charge in [0.15, 0.2) is 0 Å². The van der Waals surface area contributed by atoms with Gasteiger partial charge < -0.3 is 21.1 Å². The van der Waals surface area contributed by atoms with E-state index in [1.54, 1.807) is 11.8 Å². The summed E-state index contributed by atoms with van der Waals surface area (Å²) >= 11 is 0. The highest BCUT2D eigenvalue weighted by atomic mass is 16.3. The van der Waals surface area contributed by atoms with Gasteiger partial charge in [0.25, 0.3) is 5.91 Å². The molecule has 4 N–H and O–H groups in total. The highest BCUT2D eigenvalue weighted by Gasteiger charge is 2.28. The van der Waals surface area contributed by atoms with Crippen molar-refractivity contribution in [2.75, 3.05) is 13.1 Å². The molecule has 2 heterocycles. The van der Waals surface area contributed by atoms with E-state index in [9.17, 15) is 14.7 Å². The van der Waals surface area contributed by atoms with Crippen LogP contribution in [0.25, 0.3) is 0 Å². The van der Waals surface area contributed by atoms with Crippen molar-refractivity contribution in [3.63, 3.8) is 0 Å². The Hall–Kier alpha value is -2.15. The van der Waals surface area contributed by atoms with E-state index in [0.29, 0.717) is 24.6 Å². The van der Waals surface area contributed by atoms with Gasteiger partial charge in [-0.2, -0.15) is 0 Å². The highest BCUT2D eigenvalue weighted by Crippen LogP contribution is 2.21. The van der Waals surface area contributed by atoms with Crippen LogP contribution in [0.15, 0.2) is 18.5 Å². The van der Waals surface area contributed by atoms with E-state index < -0.39 is 6.04 Å². The molecule has 0 saturated carbocycles. The quantitative estimate of drug-likeness (QED) is 0.748. The van der Waals surface area contributed by atoms with E-state index in [1.807, 2.05) is 6.92 Å². The van der Waals surface area contributed by atoms with Crippen molar-refractivity contribution in [3.8, 4) is 5.75 Å². The Morgan fingerprint density at radius 3 is 2.57 bits per heavy atom. The van der Waals surface area contributed by atoms with Crippen LogP contribution in [0.3, 0.4) is 0 Å². The molecule has 23 heavy (non-hydrogen) atoms. The first-order chi connectivity index (χ1) is 10.9. The average molecular weight is 320 g/mol. The van der Waals surface area contributed by atoms with Crippen molar-refractivity contribution in [1.82, 2.24) is 15.2 Å². The second-order valence-electron chi connectivity index (χ2n) is 6.15. The zero-order chi connectivity index (χ0) is 17.0. The predicted octanol–water partition coefficient (Wildman–Crippen LogP) is 0.491. The number of rotatable bonds is 4. The van der Waals surface area contributed by atoms with Crippen LogP contribution in [0, 0.1) is 5.92 Å². The second-order valence-corrected chi connectivity index (χ2v) is 6.15. The molecule has 1 aliphatic heterocycles. The summed E-state index contributed by atoms with van der Waals surface area (Å²) in [4.78, 5) is 29.6. The Morgan fingerprint density at radius 2 is 2.00 bits per heavy atom. The van der Waals surface area contributed by atoms with E-state index in [0.717, 1.165) is 12.8 Å². The molecular weight excluding hydrogens is 296 g/mol. The number of carbonyl (C=O) groups excluding carboxylic acids is 2. The monoisotopic (exact) mass is 320 g/mol. The molecule has 1 aromatic heterocycles. The normalized spacial score (nSPS) is 18.3. The van der Waals surface area contributed by atoms with Crippen molar-refractivity contribution < 1.29 is 14.7 Å². The molecule has 1 unspecified atom stereocenters. The predicted molar refractivity (Wildman–Crippen MR) is 85.8 cm³/mol. The van der Waals surface area contributed by atoms with E-state index >= 15 is 0 Å². The number of hydrogen-bond acceptors (Lipinski definition) is 5. The Bertz CT molecular complexity index is 568. The number of likely N-dealkylation sites (tertiary alicyclic amines) is 1. The number of nitrogens with two attached hydrogens (primary N) is 1. The van der Waals surface area contributed by atoms with Crippen LogP contribution < -0.4 is 11.1 Å². The molecule has 2 atom stereocenters. The number of hydrogen-bond donors (Lipinski definition) is 3. The first kappa shape index (κ1) is 17.2. The Kier molecular flexibility index (Phi) is 5.54. The maximum absolute atomic E-state index is 12.2. The van der Waals surface area contributed by atoms with Gasteiger partial charge in [0.05, 0.1) is 17.8 Å². The maximum Gasteiger partial charge on any atom is 0.253 e. The molecule has 7 heteroatoms. The first-order valence-corrected chi connectivity index (χ1v) is 7.87. The summed E-state index contributed by atoms with van der Waals surface area (Å²) in [5.74, 6) is -0.00432. The van der Waals surface area contributed by atoms with Crippen LogP contribution in [0.5, 0.6) is 5.75 Å². The van der Waals surface area contributed by atoms with Crippen LogP contribution in [-0.4, -0.2) is 52.0 Å². The van der Waals surface area contributed by atoms with Crippen molar-refractivity contribution in [3.05, 3.63) is 24.0 Å². The topological polar surface area (TPSA) is 109 Å².